The number of allylic oxidation sites excluding steroid dienone is 2. The summed E-state index contributed by atoms with van der Waals surface area (Å²) in [6, 6.07) is 7.32. The number of carbonyl (C=O) groups excluding carboxylic acids is 1. The van der Waals surface area contributed by atoms with E-state index >= 15 is 0 Å². The molecule has 1 aromatic rings. The molecule has 1 N–H and O–H groups in total. The molecule has 1 amide bonds. The Bertz CT molecular complexity index is 577. The summed E-state index contributed by atoms with van der Waals surface area (Å²) in [5.41, 5.74) is 0. The zero-order valence-corrected chi connectivity index (χ0v) is 15.1. The molecule has 0 saturated carbocycles. The fourth-order valence-electron chi connectivity index (χ4n) is 3.63. The number of nitrogens with one attached hydrogen (secondary N) is 1. The van der Waals surface area contributed by atoms with Gasteiger partial charge in [0, 0.05) is 5.92 Å². The Morgan fingerprint density at radius 1 is 1.16 bits per heavy atom. The first kappa shape index (κ1) is 17.8. The summed E-state index contributed by atoms with van der Waals surface area (Å²) >= 11 is 0. The van der Waals surface area contributed by atoms with Gasteiger partial charge in [-0.05, 0) is 43.5 Å². The monoisotopic (exact) mass is 345 g/mol. The Morgan fingerprint density at radius 3 is 2.52 bits per heavy atom. The van der Waals surface area contributed by atoms with Crippen molar-refractivity contribution in [1.82, 2.24) is 4.90 Å². The SMILES string of the molecule is COc1ccc(OCC(=O)N2CC[NH+](C[C@H]3CC=CCC3)CC2)cc1. The first-order valence-electron chi connectivity index (χ1n) is 9.28. The number of hydrogen-bond acceptors (Lipinski definition) is 3. The number of methoxy groups -OCH3 is 1. The van der Waals surface area contributed by atoms with Gasteiger partial charge < -0.3 is 19.3 Å². The van der Waals surface area contributed by atoms with Crippen LogP contribution in [0.4, 0.5) is 0 Å². The molecule has 0 aromatic heterocycles. The van der Waals surface area contributed by atoms with E-state index < -0.39 is 0 Å². The molecule has 0 spiro atoms. The third-order valence-electron chi connectivity index (χ3n) is 5.20. The average molecular weight is 345 g/mol. The van der Waals surface area contributed by atoms with E-state index in [4.69, 9.17) is 9.47 Å². The number of carbonyl (C=O) groups is 1. The Labute approximate surface area is 150 Å². The van der Waals surface area contributed by atoms with Crippen LogP contribution in [-0.4, -0.2) is 57.2 Å². The van der Waals surface area contributed by atoms with Gasteiger partial charge in [0.1, 0.15) is 11.5 Å². The van der Waals surface area contributed by atoms with Crippen molar-refractivity contribution in [2.45, 2.75) is 19.3 Å². The molecule has 1 heterocycles. The van der Waals surface area contributed by atoms with Crippen molar-refractivity contribution in [3.05, 3.63) is 36.4 Å². The number of quaternary nitrogens is 1. The molecule has 1 saturated heterocycles. The number of ether oxygens (including phenoxy) is 2. The Morgan fingerprint density at radius 2 is 1.88 bits per heavy atom. The summed E-state index contributed by atoms with van der Waals surface area (Å²) < 4.78 is 10.7. The molecule has 0 unspecified atom stereocenters. The highest BCUT2D eigenvalue weighted by molar-refractivity contribution is 5.77. The van der Waals surface area contributed by atoms with E-state index in [0.717, 1.165) is 37.8 Å². The lowest BCUT2D eigenvalue weighted by molar-refractivity contribution is -0.907. The summed E-state index contributed by atoms with van der Waals surface area (Å²) in [5, 5.41) is 0. The molecule has 1 aliphatic heterocycles. The largest absolute Gasteiger partial charge is 0.497 e. The number of rotatable bonds is 6. The van der Waals surface area contributed by atoms with Gasteiger partial charge in [-0.25, -0.2) is 0 Å². The summed E-state index contributed by atoms with van der Waals surface area (Å²) in [6.07, 6.45) is 8.39. The second-order valence-electron chi connectivity index (χ2n) is 6.95. The van der Waals surface area contributed by atoms with E-state index in [1.165, 1.54) is 25.8 Å². The van der Waals surface area contributed by atoms with Crippen LogP contribution in [-0.2, 0) is 4.79 Å². The predicted molar refractivity (Wildman–Crippen MR) is 97.1 cm³/mol. The molecule has 1 aliphatic carbocycles. The third-order valence-corrected chi connectivity index (χ3v) is 5.20. The van der Waals surface area contributed by atoms with E-state index in [2.05, 4.69) is 12.2 Å². The van der Waals surface area contributed by atoms with Crippen LogP contribution in [0.2, 0.25) is 0 Å². The van der Waals surface area contributed by atoms with Crippen LogP contribution in [0.1, 0.15) is 19.3 Å². The minimum atomic E-state index is 0.0791. The summed E-state index contributed by atoms with van der Waals surface area (Å²) in [7, 11) is 1.63. The van der Waals surface area contributed by atoms with Crippen LogP contribution in [0.5, 0.6) is 11.5 Å². The molecule has 136 valence electrons. The van der Waals surface area contributed by atoms with Gasteiger partial charge in [0.05, 0.1) is 39.8 Å². The Kier molecular flexibility index (Phi) is 6.34. The highest BCUT2D eigenvalue weighted by Gasteiger charge is 2.26. The standard InChI is InChI=1S/C20H28N2O3/c1-24-18-7-9-19(10-8-18)25-16-20(23)22-13-11-21(12-14-22)15-17-5-3-2-4-6-17/h2-3,7-10,17H,4-6,11-16H2,1H3/p+1/t17-/m0/s1. The number of benzene rings is 1. The van der Waals surface area contributed by atoms with Gasteiger partial charge in [-0.3, -0.25) is 4.79 Å². The number of nitrogens with zero attached hydrogens (tertiary/aromatic N) is 1. The van der Waals surface area contributed by atoms with E-state index in [1.54, 1.807) is 12.0 Å². The zero-order valence-electron chi connectivity index (χ0n) is 15.1. The minimum Gasteiger partial charge on any atom is -0.497 e. The van der Waals surface area contributed by atoms with Crippen molar-refractivity contribution in [2.24, 2.45) is 5.92 Å². The lowest BCUT2D eigenvalue weighted by atomic mass is 9.94. The Balaban J connectivity index is 1.38. The van der Waals surface area contributed by atoms with Crippen LogP contribution in [0.3, 0.4) is 0 Å². The van der Waals surface area contributed by atoms with Gasteiger partial charge in [-0.1, -0.05) is 12.2 Å². The van der Waals surface area contributed by atoms with Crippen LogP contribution >= 0.6 is 0 Å². The maximum absolute atomic E-state index is 12.3. The maximum atomic E-state index is 12.3. The quantitative estimate of drug-likeness (QED) is 0.787. The van der Waals surface area contributed by atoms with Crippen LogP contribution in [0.15, 0.2) is 36.4 Å². The lowest BCUT2D eigenvalue weighted by Crippen LogP contribution is -3.15. The van der Waals surface area contributed by atoms with Crippen molar-refractivity contribution in [2.75, 3.05) is 46.4 Å². The van der Waals surface area contributed by atoms with E-state index in [0.29, 0.717) is 5.75 Å². The topological polar surface area (TPSA) is 43.2 Å². The van der Waals surface area contributed by atoms with E-state index in [9.17, 15) is 4.79 Å². The van der Waals surface area contributed by atoms with Gasteiger partial charge in [0.2, 0.25) is 0 Å². The van der Waals surface area contributed by atoms with Gasteiger partial charge in [-0.2, -0.15) is 0 Å². The molecule has 5 nitrogen and oxygen atoms in total. The molecule has 2 aliphatic rings. The van der Waals surface area contributed by atoms with Gasteiger partial charge in [-0.15, -0.1) is 0 Å². The van der Waals surface area contributed by atoms with Crippen molar-refractivity contribution in [1.29, 1.82) is 0 Å². The van der Waals surface area contributed by atoms with E-state index in [1.807, 2.05) is 29.2 Å². The second kappa shape index (κ2) is 8.90. The molecular formula is C20H29N2O3+. The first-order valence-corrected chi connectivity index (χ1v) is 9.28. The molecule has 25 heavy (non-hydrogen) atoms. The van der Waals surface area contributed by atoms with Gasteiger partial charge in [0.25, 0.3) is 5.91 Å². The molecule has 1 atom stereocenters. The maximum Gasteiger partial charge on any atom is 0.260 e. The fraction of sp³-hybridized carbons (Fsp3) is 0.550. The van der Waals surface area contributed by atoms with E-state index in [-0.39, 0.29) is 12.5 Å². The van der Waals surface area contributed by atoms with Crippen LogP contribution in [0, 0.1) is 5.92 Å². The van der Waals surface area contributed by atoms with Crippen LogP contribution < -0.4 is 14.4 Å². The predicted octanol–water partition coefficient (Wildman–Crippen LogP) is 1.16. The number of hydrogen-bond donors (Lipinski definition) is 1. The normalized spacial score (nSPS) is 21.2. The second-order valence-corrected chi connectivity index (χ2v) is 6.95. The molecule has 0 radical (unpaired) electrons. The average Bonchev–Trinajstić information content (AvgIpc) is 2.68. The van der Waals surface area contributed by atoms with Crippen molar-refractivity contribution in [3.63, 3.8) is 0 Å². The van der Waals surface area contributed by atoms with Crippen LogP contribution in [0.25, 0.3) is 0 Å². The smallest absolute Gasteiger partial charge is 0.260 e. The highest BCUT2D eigenvalue weighted by atomic mass is 16.5. The highest BCUT2D eigenvalue weighted by Crippen LogP contribution is 2.17. The van der Waals surface area contributed by atoms with Gasteiger partial charge in [0.15, 0.2) is 6.61 Å². The molecular weight excluding hydrogens is 316 g/mol. The Hall–Kier alpha value is -2.01. The summed E-state index contributed by atoms with van der Waals surface area (Å²) in [6.45, 7) is 5.12. The molecule has 0 bridgehead atoms. The summed E-state index contributed by atoms with van der Waals surface area (Å²) in [4.78, 5) is 15.9. The van der Waals surface area contributed by atoms with Crippen molar-refractivity contribution < 1.29 is 19.2 Å². The zero-order chi connectivity index (χ0) is 17.5. The fourth-order valence-corrected chi connectivity index (χ4v) is 3.63. The summed E-state index contributed by atoms with van der Waals surface area (Å²) in [5.74, 6) is 2.38. The first-order chi connectivity index (χ1) is 12.2. The molecule has 1 fully saturated rings. The van der Waals surface area contributed by atoms with Gasteiger partial charge >= 0.3 is 0 Å². The molecule has 1 aromatic carbocycles. The van der Waals surface area contributed by atoms with Crippen molar-refractivity contribution in [3.8, 4) is 11.5 Å². The van der Waals surface area contributed by atoms with Crippen molar-refractivity contribution >= 4 is 5.91 Å². The molecule has 3 rings (SSSR count). The lowest BCUT2D eigenvalue weighted by Gasteiger charge is -2.34. The number of piperazine rings is 1. The minimum absolute atomic E-state index is 0.0791. The number of amides is 1. The third kappa shape index (κ3) is 5.23. The molecule has 5 heteroatoms.